The van der Waals surface area contributed by atoms with Gasteiger partial charge in [0.25, 0.3) is 5.91 Å². The van der Waals surface area contributed by atoms with E-state index in [0.29, 0.717) is 24.2 Å². The second kappa shape index (κ2) is 6.54. The van der Waals surface area contributed by atoms with Gasteiger partial charge in [-0.3, -0.25) is 4.79 Å². The molecule has 1 amide bonds. The van der Waals surface area contributed by atoms with E-state index in [-0.39, 0.29) is 11.9 Å². The number of nitrogens with one attached hydrogen (secondary N) is 1. The maximum atomic E-state index is 12.3. The number of amides is 1. The molecule has 1 heterocycles. The molecule has 20 heavy (non-hydrogen) atoms. The summed E-state index contributed by atoms with van der Waals surface area (Å²) >= 11 is 1.61. The van der Waals surface area contributed by atoms with Crippen LogP contribution in [0.15, 0.2) is 35.0 Å². The van der Waals surface area contributed by atoms with Crippen molar-refractivity contribution in [1.29, 1.82) is 0 Å². The topological polar surface area (TPSA) is 81.1 Å². The van der Waals surface area contributed by atoms with Crippen LogP contribution in [0.1, 0.15) is 33.9 Å². The summed E-state index contributed by atoms with van der Waals surface area (Å²) in [6, 6.07) is 7.30. The van der Waals surface area contributed by atoms with Crippen molar-refractivity contribution < 1.29 is 4.79 Å². The summed E-state index contributed by atoms with van der Waals surface area (Å²) in [6.45, 7) is 2.44. The number of hydrogen-bond acceptors (Lipinski definition) is 4. The van der Waals surface area contributed by atoms with Crippen LogP contribution in [0.4, 0.5) is 5.69 Å². The lowest BCUT2D eigenvalue weighted by molar-refractivity contribution is 0.0935. The molecule has 0 saturated heterocycles. The van der Waals surface area contributed by atoms with E-state index < -0.39 is 0 Å². The third kappa shape index (κ3) is 3.37. The first kappa shape index (κ1) is 14.6. The molecule has 0 aliphatic heterocycles. The van der Waals surface area contributed by atoms with Crippen molar-refractivity contribution in [1.82, 2.24) is 5.32 Å². The Labute approximate surface area is 122 Å². The molecule has 0 fully saturated rings. The predicted molar refractivity (Wildman–Crippen MR) is 83.8 cm³/mol. The molecule has 1 aromatic heterocycles. The van der Waals surface area contributed by atoms with Gasteiger partial charge in [0.1, 0.15) is 0 Å². The summed E-state index contributed by atoms with van der Waals surface area (Å²) in [5.41, 5.74) is 14.7. The highest BCUT2D eigenvalue weighted by Crippen LogP contribution is 2.20. The molecule has 0 spiro atoms. The SMILES string of the molecule is Cc1ccc(C(=O)NC(CCN)c2ccsc2)cc1N. The van der Waals surface area contributed by atoms with Crippen molar-refractivity contribution in [3.63, 3.8) is 0 Å². The van der Waals surface area contributed by atoms with Crippen LogP contribution in [0.2, 0.25) is 0 Å². The third-order valence-electron chi connectivity index (χ3n) is 3.25. The maximum absolute atomic E-state index is 12.3. The first-order chi connectivity index (χ1) is 9.61. The van der Waals surface area contributed by atoms with Gasteiger partial charge >= 0.3 is 0 Å². The highest BCUT2D eigenvalue weighted by atomic mass is 32.1. The smallest absolute Gasteiger partial charge is 0.251 e. The average Bonchev–Trinajstić information content (AvgIpc) is 2.95. The molecule has 2 rings (SSSR count). The molecule has 1 aromatic carbocycles. The minimum absolute atomic E-state index is 0.0544. The van der Waals surface area contributed by atoms with Crippen molar-refractivity contribution in [2.45, 2.75) is 19.4 Å². The number of carbonyl (C=O) groups is 1. The molecule has 2 aromatic rings. The number of rotatable bonds is 5. The first-order valence-corrected chi connectivity index (χ1v) is 7.45. The molecule has 0 aliphatic carbocycles. The number of thiophene rings is 1. The number of anilines is 1. The fraction of sp³-hybridized carbons (Fsp3) is 0.267. The van der Waals surface area contributed by atoms with Crippen LogP contribution in [0.3, 0.4) is 0 Å². The Morgan fingerprint density at radius 3 is 2.80 bits per heavy atom. The summed E-state index contributed by atoms with van der Waals surface area (Å²) in [7, 11) is 0. The van der Waals surface area contributed by atoms with Crippen LogP contribution >= 0.6 is 11.3 Å². The lowest BCUT2D eigenvalue weighted by atomic mass is 10.1. The van der Waals surface area contributed by atoms with Crippen LogP contribution in [-0.4, -0.2) is 12.5 Å². The van der Waals surface area contributed by atoms with Gasteiger partial charge < -0.3 is 16.8 Å². The second-order valence-electron chi connectivity index (χ2n) is 4.73. The summed E-state index contributed by atoms with van der Waals surface area (Å²) in [4.78, 5) is 12.3. The normalized spacial score (nSPS) is 12.1. The Hall–Kier alpha value is -1.85. The summed E-state index contributed by atoms with van der Waals surface area (Å²) in [5.74, 6) is -0.124. The number of aryl methyl sites for hydroxylation is 1. The zero-order valence-corrected chi connectivity index (χ0v) is 12.2. The first-order valence-electron chi connectivity index (χ1n) is 6.51. The van der Waals surface area contributed by atoms with E-state index in [0.717, 1.165) is 11.1 Å². The molecule has 0 saturated carbocycles. The van der Waals surface area contributed by atoms with E-state index in [4.69, 9.17) is 11.5 Å². The monoisotopic (exact) mass is 289 g/mol. The van der Waals surface area contributed by atoms with Gasteiger partial charge in [-0.1, -0.05) is 6.07 Å². The predicted octanol–water partition coefficient (Wildman–Crippen LogP) is 2.46. The molecule has 1 unspecified atom stereocenters. The van der Waals surface area contributed by atoms with E-state index >= 15 is 0 Å². The summed E-state index contributed by atoms with van der Waals surface area (Å²) in [5, 5.41) is 7.04. The van der Waals surface area contributed by atoms with Gasteiger partial charge in [0.05, 0.1) is 6.04 Å². The quantitative estimate of drug-likeness (QED) is 0.740. The van der Waals surface area contributed by atoms with Crippen LogP contribution in [0.25, 0.3) is 0 Å². The van der Waals surface area contributed by atoms with Crippen molar-refractivity contribution in [2.75, 3.05) is 12.3 Å². The molecule has 5 heteroatoms. The van der Waals surface area contributed by atoms with Gasteiger partial charge in [0.2, 0.25) is 0 Å². The van der Waals surface area contributed by atoms with Gasteiger partial charge in [-0.25, -0.2) is 0 Å². The standard InChI is InChI=1S/C15H19N3OS/c1-10-2-3-11(8-13(10)17)15(19)18-14(4-6-16)12-5-7-20-9-12/h2-3,5,7-9,14H,4,6,16-17H2,1H3,(H,18,19). The van der Waals surface area contributed by atoms with Gasteiger partial charge in [-0.15, -0.1) is 0 Å². The minimum Gasteiger partial charge on any atom is -0.398 e. The fourth-order valence-corrected chi connectivity index (χ4v) is 2.70. The number of nitrogens with two attached hydrogens (primary N) is 2. The van der Waals surface area contributed by atoms with Crippen molar-refractivity contribution >= 4 is 22.9 Å². The molecular formula is C15H19N3OS. The van der Waals surface area contributed by atoms with Crippen molar-refractivity contribution in [2.24, 2.45) is 5.73 Å². The number of hydrogen-bond donors (Lipinski definition) is 3. The fourth-order valence-electron chi connectivity index (χ4n) is 1.99. The van der Waals surface area contributed by atoms with Crippen LogP contribution in [-0.2, 0) is 0 Å². The van der Waals surface area contributed by atoms with Gasteiger partial charge in [-0.2, -0.15) is 11.3 Å². The van der Waals surface area contributed by atoms with Gasteiger partial charge in [0.15, 0.2) is 0 Å². The largest absolute Gasteiger partial charge is 0.398 e. The third-order valence-corrected chi connectivity index (χ3v) is 3.95. The van der Waals surface area contributed by atoms with E-state index in [1.807, 2.05) is 29.8 Å². The Kier molecular flexibility index (Phi) is 4.76. The van der Waals surface area contributed by atoms with Gasteiger partial charge in [0, 0.05) is 11.3 Å². The lowest BCUT2D eigenvalue weighted by Gasteiger charge is -2.17. The van der Waals surface area contributed by atoms with Crippen molar-refractivity contribution in [3.05, 3.63) is 51.7 Å². The molecular weight excluding hydrogens is 270 g/mol. The zero-order chi connectivity index (χ0) is 14.5. The average molecular weight is 289 g/mol. The van der Waals surface area contributed by atoms with E-state index in [1.54, 1.807) is 23.5 Å². The molecule has 1 atom stereocenters. The molecule has 5 N–H and O–H groups in total. The second-order valence-corrected chi connectivity index (χ2v) is 5.51. The zero-order valence-electron chi connectivity index (χ0n) is 11.4. The Morgan fingerprint density at radius 2 is 2.20 bits per heavy atom. The lowest BCUT2D eigenvalue weighted by Crippen LogP contribution is -2.29. The Morgan fingerprint density at radius 1 is 1.40 bits per heavy atom. The van der Waals surface area contributed by atoms with Crippen molar-refractivity contribution in [3.8, 4) is 0 Å². The summed E-state index contributed by atoms with van der Waals surface area (Å²) < 4.78 is 0. The molecule has 4 nitrogen and oxygen atoms in total. The van der Waals surface area contributed by atoms with Crippen LogP contribution in [0.5, 0.6) is 0 Å². The molecule has 0 radical (unpaired) electrons. The summed E-state index contributed by atoms with van der Waals surface area (Å²) in [6.07, 6.45) is 0.712. The van der Waals surface area contributed by atoms with E-state index in [2.05, 4.69) is 5.32 Å². The van der Waals surface area contributed by atoms with Crippen LogP contribution in [0, 0.1) is 6.92 Å². The Bertz CT molecular complexity index is 581. The van der Waals surface area contributed by atoms with E-state index in [9.17, 15) is 4.79 Å². The highest BCUT2D eigenvalue weighted by molar-refractivity contribution is 7.07. The Balaban J connectivity index is 2.13. The maximum Gasteiger partial charge on any atom is 0.251 e. The molecule has 106 valence electrons. The minimum atomic E-state index is -0.124. The highest BCUT2D eigenvalue weighted by Gasteiger charge is 2.15. The van der Waals surface area contributed by atoms with Crippen LogP contribution < -0.4 is 16.8 Å². The molecule has 0 bridgehead atoms. The van der Waals surface area contributed by atoms with Gasteiger partial charge in [-0.05, 0) is 60.0 Å². The molecule has 0 aliphatic rings. The number of nitrogen functional groups attached to an aromatic ring is 1. The number of carbonyl (C=O) groups excluding carboxylic acids is 1. The van der Waals surface area contributed by atoms with E-state index in [1.165, 1.54) is 0 Å². The number of benzene rings is 1.